The third kappa shape index (κ3) is 6.02. The van der Waals surface area contributed by atoms with E-state index in [0.29, 0.717) is 0 Å². The first-order chi connectivity index (χ1) is 8.45. The summed E-state index contributed by atoms with van der Waals surface area (Å²) in [6, 6.07) is 0. The summed E-state index contributed by atoms with van der Waals surface area (Å²) in [5.41, 5.74) is 1.47. The Hall–Kier alpha value is -0.326. The molecule has 0 radical (unpaired) electrons. The number of hydrogen-bond donors (Lipinski definition) is 0. The zero-order valence-corrected chi connectivity index (χ0v) is 12.7. The fourth-order valence-electron chi connectivity index (χ4n) is 2.63. The van der Waals surface area contributed by atoms with Crippen LogP contribution in [0.2, 0.25) is 0 Å². The van der Waals surface area contributed by atoms with Crippen molar-refractivity contribution < 1.29 is 24.6 Å². The van der Waals surface area contributed by atoms with Crippen molar-refractivity contribution in [2.45, 2.75) is 51.4 Å². The summed E-state index contributed by atoms with van der Waals surface area (Å²) in [5.74, 6) is 0.976. The molecule has 0 aromatic heterocycles. The van der Waals surface area contributed by atoms with Crippen molar-refractivity contribution in [1.82, 2.24) is 0 Å². The Kier molecular flexibility index (Phi) is 8.38. The van der Waals surface area contributed by atoms with E-state index in [-0.39, 0.29) is 24.6 Å². The molecule has 0 N–H and O–H groups in total. The van der Waals surface area contributed by atoms with Gasteiger partial charge in [0.05, 0.1) is 0 Å². The minimum absolute atomic E-state index is 0. The molecule has 0 saturated heterocycles. The fourth-order valence-corrected chi connectivity index (χ4v) is 2.63. The zero-order valence-electron chi connectivity index (χ0n) is 13.1. The van der Waals surface area contributed by atoms with Crippen molar-refractivity contribution in [3.05, 3.63) is 48.1 Å². The van der Waals surface area contributed by atoms with Crippen LogP contribution in [-0.4, -0.2) is 0 Å². The van der Waals surface area contributed by atoms with Crippen LogP contribution in [0.3, 0.4) is 0 Å². The summed E-state index contributed by atoms with van der Waals surface area (Å²) in [5, 5.41) is 0. The molecular weight excluding hydrogens is 252 g/mol. The van der Waals surface area contributed by atoms with Gasteiger partial charge < -0.3 is 2.85 Å². The van der Waals surface area contributed by atoms with Gasteiger partial charge in [0.25, 0.3) is 0 Å². The molecule has 0 aliphatic heterocycles. The molecular formula is C17H24Ti. The number of allylic oxidation sites excluding steroid dienone is 8. The summed E-state index contributed by atoms with van der Waals surface area (Å²) < 4.78 is 0. The van der Waals surface area contributed by atoms with Crippen LogP contribution in [0.1, 0.15) is 54.2 Å². The Balaban J connectivity index is 0. The minimum atomic E-state index is 0. The molecule has 0 atom stereocenters. The van der Waals surface area contributed by atoms with E-state index in [1.165, 1.54) is 44.1 Å². The Labute approximate surface area is 130 Å². The molecule has 1 saturated carbocycles. The summed E-state index contributed by atoms with van der Waals surface area (Å²) in [6.45, 7) is 0. The van der Waals surface area contributed by atoms with Gasteiger partial charge in [-0.3, -0.25) is 12.2 Å². The third-order valence-electron chi connectivity index (χ3n) is 3.59. The average molecular weight is 276 g/mol. The number of rotatable bonds is 2. The van der Waals surface area contributed by atoms with E-state index in [9.17, 15) is 0 Å². The molecule has 18 heavy (non-hydrogen) atoms. The first kappa shape index (κ1) is 15.7. The molecule has 0 unspecified atom stereocenters. The second kappa shape index (κ2) is 9.58. The minimum Gasteiger partial charge on any atom is -1.00 e. The van der Waals surface area contributed by atoms with Crippen LogP contribution in [0.15, 0.2) is 36.0 Å². The normalized spacial score (nSPS) is 21.2. The molecule has 0 bridgehead atoms. The molecule has 0 spiro atoms. The molecule has 0 nitrogen and oxygen atoms in total. The monoisotopic (exact) mass is 276 g/mol. The maximum Gasteiger partial charge on any atom is 4.00 e. The first-order valence-electron chi connectivity index (χ1n) is 6.93. The first-order valence-corrected chi connectivity index (χ1v) is 6.93. The van der Waals surface area contributed by atoms with Gasteiger partial charge >= 0.3 is 21.7 Å². The van der Waals surface area contributed by atoms with E-state index >= 15 is 0 Å². The predicted octanol–water partition coefficient (Wildman–Crippen LogP) is 5.17. The maximum absolute atomic E-state index is 3.41. The van der Waals surface area contributed by atoms with E-state index in [4.69, 9.17) is 0 Å². The molecule has 3 aliphatic carbocycles. The van der Waals surface area contributed by atoms with E-state index in [2.05, 4.69) is 30.4 Å². The molecule has 0 aromatic rings. The summed E-state index contributed by atoms with van der Waals surface area (Å²) >= 11 is 0. The topological polar surface area (TPSA) is 0 Å². The van der Waals surface area contributed by atoms with Gasteiger partial charge in [-0.2, -0.15) is 12.2 Å². The van der Waals surface area contributed by atoms with Gasteiger partial charge in [0.15, 0.2) is 0 Å². The summed E-state index contributed by atoms with van der Waals surface area (Å²) in [4.78, 5) is 0. The molecule has 1 fully saturated rings. The van der Waals surface area contributed by atoms with Crippen molar-refractivity contribution in [2.24, 2.45) is 5.92 Å². The van der Waals surface area contributed by atoms with Gasteiger partial charge in [-0.15, -0.1) is 12.8 Å². The maximum atomic E-state index is 3.41. The fraction of sp³-hybridized carbons (Fsp3) is 0.529. The van der Waals surface area contributed by atoms with Crippen LogP contribution >= 0.6 is 0 Å². The van der Waals surface area contributed by atoms with Crippen molar-refractivity contribution in [1.29, 1.82) is 0 Å². The summed E-state index contributed by atoms with van der Waals surface area (Å²) in [6.07, 6.45) is 27.6. The molecule has 1 heteroatoms. The quantitative estimate of drug-likeness (QED) is 0.482. The van der Waals surface area contributed by atoms with Gasteiger partial charge in [0.2, 0.25) is 0 Å². The standard InChI is InChI=1S/C12H17.C5H5.Ti.2H/c1-2-6-11(7-3-1)10-12-8-4-5-9-12;1-2-4-5-3-1;;;/h4,8,11H,1-3,5-7,10H2;1-3H,4H2;;;/q2*-1;+4;2*-1. The van der Waals surface area contributed by atoms with Gasteiger partial charge in [-0.1, -0.05) is 38.5 Å². The van der Waals surface area contributed by atoms with Crippen molar-refractivity contribution in [3.63, 3.8) is 0 Å². The molecule has 3 rings (SSSR count). The van der Waals surface area contributed by atoms with Gasteiger partial charge in [-0.25, -0.2) is 23.8 Å². The van der Waals surface area contributed by atoms with E-state index in [0.717, 1.165) is 18.8 Å². The average Bonchev–Trinajstić information content (AvgIpc) is 3.06. The Morgan fingerprint density at radius 2 is 1.94 bits per heavy atom. The smallest absolute Gasteiger partial charge is 1.00 e. The van der Waals surface area contributed by atoms with E-state index in [1.807, 2.05) is 12.2 Å². The molecule has 0 heterocycles. The number of hydrogen-bond acceptors (Lipinski definition) is 0. The zero-order chi connectivity index (χ0) is 11.8. The van der Waals surface area contributed by atoms with Gasteiger partial charge in [0.1, 0.15) is 0 Å². The molecule has 3 aliphatic rings. The molecule has 96 valence electrons. The van der Waals surface area contributed by atoms with Crippen molar-refractivity contribution in [2.75, 3.05) is 0 Å². The Bertz CT molecular complexity index is 327. The van der Waals surface area contributed by atoms with Crippen LogP contribution in [-0.2, 0) is 21.7 Å². The van der Waals surface area contributed by atoms with Gasteiger partial charge in [0, 0.05) is 0 Å². The van der Waals surface area contributed by atoms with E-state index < -0.39 is 0 Å². The van der Waals surface area contributed by atoms with Crippen LogP contribution in [0.5, 0.6) is 0 Å². The SMILES string of the molecule is [C-]1=C(CC2CCCCC2)C=CC1.[C-]1=CC=CC1.[H-].[H-].[Ti+4]. The van der Waals surface area contributed by atoms with Crippen LogP contribution in [0.25, 0.3) is 0 Å². The van der Waals surface area contributed by atoms with Crippen LogP contribution in [0.4, 0.5) is 0 Å². The van der Waals surface area contributed by atoms with Gasteiger partial charge in [-0.05, 0) is 5.92 Å². The van der Waals surface area contributed by atoms with Crippen molar-refractivity contribution in [3.8, 4) is 0 Å². The third-order valence-corrected chi connectivity index (χ3v) is 3.59. The van der Waals surface area contributed by atoms with Crippen LogP contribution in [0, 0.1) is 18.1 Å². The second-order valence-electron chi connectivity index (χ2n) is 5.02. The predicted molar refractivity (Wildman–Crippen MR) is 75.5 cm³/mol. The second-order valence-corrected chi connectivity index (χ2v) is 5.02. The van der Waals surface area contributed by atoms with E-state index in [1.54, 1.807) is 0 Å². The summed E-state index contributed by atoms with van der Waals surface area (Å²) in [7, 11) is 0. The Morgan fingerprint density at radius 3 is 2.44 bits per heavy atom. The largest absolute Gasteiger partial charge is 4.00 e. The van der Waals surface area contributed by atoms with Crippen molar-refractivity contribution >= 4 is 0 Å². The van der Waals surface area contributed by atoms with Crippen LogP contribution < -0.4 is 0 Å². The molecule has 0 aromatic carbocycles. The molecule has 0 amide bonds. The Morgan fingerprint density at radius 1 is 1.11 bits per heavy atom.